The van der Waals surface area contributed by atoms with Gasteiger partial charge in [-0.15, -0.1) is 0 Å². The van der Waals surface area contributed by atoms with Crippen molar-refractivity contribution in [1.82, 2.24) is 15.1 Å². The van der Waals surface area contributed by atoms with Crippen molar-refractivity contribution in [3.05, 3.63) is 53.3 Å². The van der Waals surface area contributed by atoms with Gasteiger partial charge in [0.15, 0.2) is 0 Å². The molecule has 1 aromatic heterocycles. The van der Waals surface area contributed by atoms with E-state index in [4.69, 9.17) is 0 Å². The van der Waals surface area contributed by atoms with Gasteiger partial charge in [0.25, 0.3) is 5.91 Å². The van der Waals surface area contributed by atoms with E-state index in [1.165, 1.54) is 0 Å². The molecule has 2 rings (SSSR count). The molecule has 0 spiro atoms. The summed E-state index contributed by atoms with van der Waals surface area (Å²) in [6.45, 7) is 4.34. The van der Waals surface area contributed by atoms with Gasteiger partial charge in [0.1, 0.15) is 5.69 Å². The van der Waals surface area contributed by atoms with Gasteiger partial charge in [-0.1, -0.05) is 30.3 Å². The van der Waals surface area contributed by atoms with Crippen molar-refractivity contribution in [1.29, 1.82) is 0 Å². The number of nitrogens with one attached hydrogen (secondary N) is 1. The third kappa shape index (κ3) is 3.92. The SMILES string of the molecule is CCn1nc(C)cc1C(=O)N[C@H](CO)Cc1ccccc1. The Morgan fingerprint density at radius 2 is 2.10 bits per heavy atom. The highest BCUT2D eigenvalue weighted by Gasteiger charge is 2.17. The van der Waals surface area contributed by atoms with E-state index in [0.29, 0.717) is 18.7 Å². The second-order valence-corrected chi connectivity index (χ2v) is 5.03. The molecule has 0 aliphatic rings. The average molecular weight is 287 g/mol. The lowest BCUT2D eigenvalue weighted by molar-refractivity contribution is 0.0905. The topological polar surface area (TPSA) is 67.2 Å². The van der Waals surface area contributed by atoms with Crippen LogP contribution in [-0.4, -0.2) is 33.4 Å². The number of hydrogen-bond donors (Lipinski definition) is 2. The summed E-state index contributed by atoms with van der Waals surface area (Å²) in [6.07, 6.45) is 0.600. The maximum absolute atomic E-state index is 12.3. The van der Waals surface area contributed by atoms with Crippen LogP contribution < -0.4 is 5.32 Å². The van der Waals surface area contributed by atoms with Crippen LogP contribution in [0.3, 0.4) is 0 Å². The zero-order chi connectivity index (χ0) is 15.2. The third-order valence-electron chi connectivity index (χ3n) is 3.31. The molecule has 1 aromatic carbocycles. The molecule has 5 heteroatoms. The number of benzene rings is 1. The molecule has 0 bridgehead atoms. The Hall–Kier alpha value is -2.14. The van der Waals surface area contributed by atoms with Crippen LogP contribution in [0.1, 0.15) is 28.7 Å². The Kier molecular flexibility index (Phi) is 5.11. The number of aliphatic hydroxyl groups excluding tert-OH is 1. The highest BCUT2D eigenvalue weighted by Crippen LogP contribution is 2.07. The zero-order valence-corrected chi connectivity index (χ0v) is 12.4. The van der Waals surface area contributed by atoms with Crippen LogP contribution in [0, 0.1) is 6.92 Å². The predicted octanol–water partition coefficient (Wildman–Crippen LogP) is 1.54. The normalized spacial score (nSPS) is 12.1. The summed E-state index contributed by atoms with van der Waals surface area (Å²) in [7, 11) is 0. The zero-order valence-electron chi connectivity index (χ0n) is 12.4. The molecule has 0 radical (unpaired) electrons. The molecule has 0 fully saturated rings. The Bertz CT molecular complexity index is 593. The summed E-state index contributed by atoms with van der Waals surface area (Å²) in [5.41, 5.74) is 2.42. The predicted molar refractivity (Wildman–Crippen MR) is 81.1 cm³/mol. The summed E-state index contributed by atoms with van der Waals surface area (Å²) < 4.78 is 1.67. The van der Waals surface area contributed by atoms with E-state index in [9.17, 15) is 9.90 Å². The number of rotatable bonds is 6. The minimum absolute atomic E-state index is 0.0973. The number of aliphatic hydroxyl groups is 1. The van der Waals surface area contributed by atoms with Crippen LogP contribution in [0.2, 0.25) is 0 Å². The third-order valence-corrected chi connectivity index (χ3v) is 3.31. The maximum atomic E-state index is 12.3. The maximum Gasteiger partial charge on any atom is 0.269 e. The number of carbonyl (C=O) groups excluding carboxylic acids is 1. The van der Waals surface area contributed by atoms with Gasteiger partial charge in [0.2, 0.25) is 0 Å². The molecule has 0 aliphatic heterocycles. The first-order valence-electron chi connectivity index (χ1n) is 7.14. The number of aryl methyl sites for hydroxylation is 2. The Labute approximate surface area is 124 Å². The van der Waals surface area contributed by atoms with Gasteiger partial charge in [-0.25, -0.2) is 0 Å². The highest BCUT2D eigenvalue weighted by molar-refractivity contribution is 5.92. The first-order valence-corrected chi connectivity index (χ1v) is 7.14. The van der Waals surface area contributed by atoms with Gasteiger partial charge in [-0.2, -0.15) is 5.10 Å². The monoisotopic (exact) mass is 287 g/mol. The summed E-state index contributed by atoms with van der Waals surface area (Å²) in [6, 6.07) is 11.3. The van der Waals surface area contributed by atoms with Crippen molar-refractivity contribution in [3.8, 4) is 0 Å². The van der Waals surface area contributed by atoms with Crippen LogP contribution in [0.4, 0.5) is 0 Å². The second kappa shape index (κ2) is 7.04. The molecule has 0 saturated carbocycles. The molecule has 2 aromatic rings. The van der Waals surface area contributed by atoms with Crippen LogP contribution in [0.25, 0.3) is 0 Å². The summed E-state index contributed by atoms with van der Waals surface area (Å²) in [4.78, 5) is 12.3. The first-order chi connectivity index (χ1) is 10.1. The van der Waals surface area contributed by atoms with Crippen molar-refractivity contribution in [2.24, 2.45) is 0 Å². The lowest BCUT2D eigenvalue weighted by Gasteiger charge is -2.16. The van der Waals surface area contributed by atoms with Gasteiger partial charge >= 0.3 is 0 Å². The summed E-state index contributed by atoms with van der Waals surface area (Å²) in [5, 5.41) is 16.6. The largest absolute Gasteiger partial charge is 0.394 e. The molecule has 2 N–H and O–H groups in total. The Morgan fingerprint density at radius 3 is 2.71 bits per heavy atom. The molecule has 112 valence electrons. The van der Waals surface area contributed by atoms with E-state index in [2.05, 4.69) is 10.4 Å². The van der Waals surface area contributed by atoms with Gasteiger partial charge in [0, 0.05) is 6.54 Å². The van der Waals surface area contributed by atoms with E-state index in [0.717, 1.165) is 11.3 Å². The summed E-state index contributed by atoms with van der Waals surface area (Å²) in [5.74, 6) is -0.201. The fraction of sp³-hybridized carbons (Fsp3) is 0.375. The fourth-order valence-corrected chi connectivity index (χ4v) is 2.29. The van der Waals surface area contributed by atoms with Gasteiger partial charge in [0.05, 0.1) is 18.3 Å². The van der Waals surface area contributed by atoms with E-state index in [1.807, 2.05) is 44.2 Å². The van der Waals surface area contributed by atoms with Gasteiger partial charge in [-0.05, 0) is 31.9 Å². The Balaban J connectivity index is 2.05. The molecule has 1 atom stereocenters. The lowest BCUT2D eigenvalue weighted by Crippen LogP contribution is -2.40. The van der Waals surface area contributed by atoms with Crippen LogP contribution >= 0.6 is 0 Å². The van der Waals surface area contributed by atoms with Crippen molar-refractivity contribution < 1.29 is 9.90 Å². The molecule has 1 heterocycles. The quantitative estimate of drug-likeness (QED) is 0.847. The van der Waals surface area contributed by atoms with Crippen molar-refractivity contribution in [3.63, 3.8) is 0 Å². The van der Waals surface area contributed by atoms with E-state index >= 15 is 0 Å². The molecular weight excluding hydrogens is 266 g/mol. The summed E-state index contributed by atoms with van der Waals surface area (Å²) >= 11 is 0. The van der Waals surface area contributed by atoms with Crippen molar-refractivity contribution >= 4 is 5.91 Å². The molecule has 0 saturated heterocycles. The number of carbonyl (C=O) groups is 1. The fourth-order valence-electron chi connectivity index (χ4n) is 2.29. The minimum Gasteiger partial charge on any atom is -0.394 e. The molecule has 5 nitrogen and oxygen atoms in total. The average Bonchev–Trinajstić information content (AvgIpc) is 2.88. The number of amides is 1. The molecular formula is C16H21N3O2. The van der Waals surface area contributed by atoms with Crippen molar-refractivity contribution in [2.45, 2.75) is 32.9 Å². The molecule has 1 amide bonds. The first kappa shape index (κ1) is 15.3. The number of nitrogens with zero attached hydrogens (tertiary/aromatic N) is 2. The highest BCUT2D eigenvalue weighted by atomic mass is 16.3. The second-order valence-electron chi connectivity index (χ2n) is 5.03. The smallest absolute Gasteiger partial charge is 0.269 e. The van der Waals surface area contributed by atoms with Gasteiger partial charge in [-0.3, -0.25) is 9.48 Å². The molecule has 0 aliphatic carbocycles. The standard InChI is InChI=1S/C16H21N3O2/c1-3-19-15(9-12(2)18-19)16(21)17-14(11-20)10-13-7-5-4-6-8-13/h4-9,14,20H,3,10-11H2,1-2H3,(H,17,21)/t14-/m0/s1. The van der Waals surface area contributed by atoms with Crippen LogP contribution in [-0.2, 0) is 13.0 Å². The van der Waals surface area contributed by atoms with Gasteiger partial charge < -0.3 is 10.4 Å². The minimum atomic E-state index is -0.305. The number of hydrogen-bond acceptors (Lipinski definition) is 3. The van der Waals surface area contributed by atoms with Crippen LogP contribution in [0.15, 0.2) is 36.4 Å². The van der Waals surface area contributed by atoms with E-state index in [1.54, 1.807) is 10.7 Å². The van der Waals surface area contributed by atoms with E-state index in [-0.39, 0.29) is 18.6 Å². The van der Waals surface area contributed by atoms with E-state index < -0.39 is 0 Å². The molecule has 0 unspecified atom stereocenters. The lowest BCUT2D eigenvalue weighted by atomic mass is 10.1. The Morgan fingerprint density at radius 1 is 1.38 bits per heavy atom. The van der Waals surface area contributed by atoms with Crippen LogP contribution in [0.5, 0.6) is 0 Å². The number of aromatic nitrogens is 2. The van der Waals surface area contributed by atoms with Crippen molar-refractivity contribution in [2.75, 3.05) is 6.61 Å². The molecule has 21 heavy (non-hydrogen) atoms.